The second kappa shape index (κ2) is 6.81. The Morgan fingerprint density at radius 3 is 2.83 bits per heavy atom. The van der Waals surface area contributed by atoms with Gasteiger partial charge in [-0.1, -0.05) is 12.5 Å². The van der Waals surface area contributed by atoms with Crippen LogP contribution in [0.25, 0.3) is 0 Å². The number of aliphatic hydroxyl groups is 1. The van der Waals surface area contributed by atoms with Crippen LogP contribution < -0.4 is 10.5 Å². The predicted molar refractivity (Wildman–Crippen MR) is 88.6 cm³/mol. The molecule has 2 aliphatic rings. The Kier molecular flexibility index (Phi) is 4.76. The fraction of sp³-hybridized carbons (Fsp3) is 0.556. The Balaban J connectivity index is 1.71. The van der Waals surface area contributed by atoms with Crippen LogP contribution in [0.5, 0.6) is 5.75 Å². The smallest absolute Gasteiger partial charge is 0.255 e. The molecular formula is C18H24N2O4. The van der Waals surface area contributed by atoms with Crippen molar-refractivity contribution in [2.24, 2.45) is 11.1 Å². The highest BCUT2D eigenvalue weighted by atomic mass is 16.5. The van der Waals surface area contributed by atoms with Gasteiger partial charge in [0.05, 0.1) is 6.10 Å². The van der Waals surface area contributed by atoms with Gasteiger partial charge in [-0.05, 0) is 43.9 Å². The number of hydrogen-bond acceptors (Lipinski definition) is 4. The Morgan fingerprint density at radius 2 is 2.12 bits per heavy atom. The van der Waals surface area contributed by atoms with Gasteiger partial charge in [-0.3, -0.25) is 9.59 Å². The SMILES string of the molecule is NC(=O)COc1cccc(C(=O)N2CCC[C@]3(CCC[C@H]3O)C2)c1. The third kappa shape index (κ3) is 3.38. The molecule has 0 radical (unpaired) electrons. The van der Waals surface area contributed by atoms with Gasteiger partial charge in [-0.15, -0.1) is 0 Å². The van der Waals surface area contributed by atoms with Crippen LogP contribution in [-0.2, 0) is 4.79 Å². The zero-order valence-electron chi connectivity index (χ0n) is 13.7. The Morgan fingerprint density at radius 1 is 1.33 bits per heavy atom. The van der Waals surface area contributed by atoms with Crippen LogP contribution in [0.2, 0.25) is 0 Å². The average molecular weight is 332 g/mol. The second-order valence-electron chi connectivity index (χ2n) is 6.88. The van der Waals surface area contributed by atoms with Gasteiger partial charge in [0, 0.05) is 24.1 Å². The number of nitrogens with two attached hydrogens (primary N) is 1. The normalized spacial score (nSPS) is 26.5. The summed E-state index contributed by atoms with van der Waals surface area (Å²) >= 11 is 0. The van der Waals surface area contributed by atoms with Crippen molar-refractivity contribution in [1.29, 1.82) is 0 Å². The number of nitrogens with zero attached hydrogens (tertiary/aromatic N) is 1. The molecule has 1 saturated carbocycles. The van der Waals surface area contributed by atoms with Gasteiger partial charge >= 0.3 is 0 Å². The summed E-state index contributed by atoms with van der Waals surface area (Å²) in [6.45, 7) is 1.11. The number of hydrogen-bond donors (Lipinski definition) is 2. The molecule has 6 nitrogen and oxygen atoms in total. The summed E-state index contributed by atoms with van der Waals surface area (Å²) in [5.74, 6) is -0.162. The molecule has 1 heterocycles. The molecule has 2 atom stereocenters. The van der Waals surface area contributed by atoms with E-state index in [-0.39, 0.29) is 24.0 Å². The highest BCUT2D eigenvalue weighted by molar-refractivity contribution is 5.94. The first kappa shape index (κ1) is 16.8. The van der Waals surface area contributed by atoms with Gasteiger partial charge in [0.25, 0.3) is 11.8 Å². The van der Waals surface area contributed by atoms with Crippen LogP contribution in [0.3, 0.4) is 0 Å². The number of carbonyl (C=O) groups is 2. The van der Waals surface area contributed by atoms with E-state index >= 15 is 0 Å². The van der Waals surface area contributed by atoms with E-state index in [1.165, 1.54) is 0 Å². The predicted octanol–water partition coefficient (Wildman–Crippen LogP) is 1.32. The number of ether oxygens (including phenoxy) is 1. The van der Waals surface area contributed by atoms with Gasteiger partial charge in [-0.25, -0.2) is 0 Å². The monoisotopic (exact) mass is 332 g/mol. The molecule has 0 bridgehead atoms. The second-order valence-corrected chi connectivity index (χ2v) is 6.88. The molecular weight excluding hydrogens is 308 g/mol. The van der Waals surface area contributed by atoms with Crippen molar-refractivity contribution in [3.63, 3.8) is 0 Å². The lowest BCUT2D eigenvalue weighted by molar-refractivity contribution is -0.119. The van der Waals surface area contributed by atoms with Crippen LogP contribution in [0, 0.1) is 5.41 Å². The summed E-state index contributed by atoms with van der Waals surface area (Å²) in [6.07, 6.45) is 4.44. The van der Waals surface area contributed by atoms with E-state index in [4.69, 9.17) is 10.5 Å². The quantitative estimate of drug-likeness (QED) is 0.869. The van der Waals surface area contributed by atoms with Gasteiger partial charge in [0.2, 0.25) is 0 Å². The first-order chi connectivity index (χ1) is 11.5. The fourth-order valence-electron chi connectivity index (χ4n) is 3.99. The van der Waals surface area contributed by atoms with Crippen molar-refractivity contribution < 1.29 is 19.4 Å². The Bertz CT molecular complexity index is 633. The maximum absolute atomic E-state index is 12.8. The number of carbonyl (C=O) groups excluding carboxylic acids is 2. The van der Waals surface area contributed by atoms with Crippen molar-refractivity contribution in [3.8, 4) is 5.75 Å². The van der Waals surface area contributed by atoms with Crippen molar-refractivity contribution in [3.05, 3.63) is 29.8 Å². The van der Waals surface area contributed by atoms with Gasteiger partial charge in [0.1, 0.15) is 5.75 Å². The van der Waals surface area contributed by atoms with Crippen LogP contribution in [0.4, 0.5) is 0 Å². The number of amides is 2. The summed E-state index contributed by atoms with van der Waals surface area (Å²) in [4.78, 5) is 25.5. The lowest BCUT2D eigenvalue weighted by atomic mass is 9.76. The van der Waals surface area contributed by atoms with Gasteiger partial charge < -0.3 is 20.5 Å². The molecule has 1 spiro atoms. The third-order valence-electron chi connectivity index (χ3n) is 5.22. The van der Waals surface area contributed by atoms with Crippen molar-refractivity contribution in [2.75, 3.05) is 19.7 Å². The number of rotatable bonds is 4. The highest BCUT2D eigenvalue weighted by Crippen LogP contribution is 2.45. The average Bonchev–Trinajstić information content (AvgIpc) is 2.92. The summed E-state index contributed by atoms with van der Waals surface area (Å²) in [7, 11) is 0. The maximum Gasteiger partial charge on any atom is 0.255 e. The Labute approximate surface area is 141 Å². The molecule has 2 fully saturated rings. The van der Waals surface area contributed by atoms with Crippen molar-refractivity contribution in [1.82, 2.24) is 4.90 Å². The van der Waals surface area contributed by atoms with Gasteiger partial charge in [-0.2, -0.15) is 0 Å². The summed E-state index contributed by atoms with van der Waals surface area (Å²) < 4.78 is 5.27. The van der Waals surface area contributed by atoms with Crippen molar-refractivity contribution >= 4 is 11.8 Å². The van der Waals surface area contributed by atoms with Crippen LogP contribution in [0.15, 0.2) is 24.3 Å². The van der Waals surface area contributed by atoms with Crippen LogP contribution in [0.1, 0.15) is 42.5 Å². The van der Waals surface area contributed by atoms with Crippen molar-refractivity contribution in [2.45, 2.75) is 38.2 Å². The molecule has 1 aromatic carbocycles. The topological polar surface area (TPSA) is 92.9 Å². The largest absolute Gasteiger partial charge is 0.484 e. The van der Waals surface area contributed by atoms with E-state index in [0.29, 0.717) is 24.4 Å². The molecule has 1 aliphatic carbocycles. The Hall–Kier alpha value is -2.08. The zero-order valence-corrected chi connectivity index (χ0v) is 13.7. The maximum atomic E-state index is 12.8. The first-order valence-corrected chi connectivity index (χ1v) is 8.49. The number of aliphatic hydroxyl groups excluding tert-OH is 1. The highest BCUT2D eigenvalue weighted by Gasteiger charge is 2.45. The third-order valence-corrected chi connectivity index (χ3v) is 5.22. The van der Waals surface area contributed by atoms with Crippen LogP contribution in [-0.4, -0.2) is 47.6 Å². The lowest BCUT2D eigenvalue weighted by Gasteiger charge is -2.42. The van der Waals surface area contributed by atoms with E-state index in [1.807, 2.05) is 4.90 Å². The lowest BCUT2D eigenvalue weighted by Crippen LogP contribution is -2.49. The van der Waals surface area contributed by atoms with E-state index in [9.17, 15) is 14.7 Å². The molecule has 24 heavy (non-hydrogen) atoms. The van der Waals surface area contributed by atoms with Gasteiger partial charge in [0.15, 0.2) is 6.61 Å². The summed E-state index contributed by atoms with van der Waals surface area (Å²) in [5, 5.41) is 10.3. The standard InChI is InChI=1S/C18H24N2O4/c19-16(22)11-24-14-5-1-4-13(10-14)17(23)20-9-3-8-18(12-20)7-2-6-15(18)21/h1,4-5,10,15,21H,2-3,6-9,11-12H2,(H2,19,22)/t15-,18-/m1/s1. The van der Waals surface area contributed by atoms with E-state index in [0.717, 1.165) is 32.1 Å². The van der Waals surface area contributed by atoms with E-state index < -0.39 is 5.91 Å². The molecule has 2 amide bonds. The van der Waals surface area contributed by atoms with E-state index in [1.54, 1.807) is 24.3 Å². The molecule has 1 aromatic rings. The minimum Gasteiger partial charge on any atom is -0.484 e. The molecule has 6 heteroatoms. The fourth-order valence-corrected chi connectivity index (χ4v) is 3.99. The minimum atomic E-state index is -0.556. The molecule has 1 saturated heterocycles. The minimum absolute atomic E-state index is 0.0577. The summed E-state index contributed by atoms with van der Waals surface area (Å²) in [5.41, 5.74) is 5.47. The number of benzene rings is 1. The molecule has 0 aromatic heterocycles. The number of piperidine rings is 1. The molecule has 3 N–H and O–H groups in total. The van der Waals surface area contributed by atoms with E-state index in [2.05, 4.69) is 0 Å². The molecule has 1 aliphatic heterocycles. The summed E-state index contributed by atoms with van der Waals surface area (Å²) in [6, 6.07) is 6.80. The zero-order chi connectivity index (χ0) is 17.2. The molecule has 3 rings (SSSR count). The number of primary amides is 1. The first-order valence-electron chi connectivity index (χ1n) is 8.49. The van der Waals surface area contributed by atoms with Crippen LogP contribution >= 0.6 is 0 Å². The molecule has 130 valence electrons. The molecule has 0 unspecified atom stereocenters. The number of likely N-dealkylation sites (tertiary alicyclic amines) is 1.